The summed E-state index contributed by atoms with van der Waals surface area (Å²) in [6, 6.07) is 15.2. The lowest BCUT2D eigenvalue weighted by molar-refractivity contribution is 0.0953. The van der Waals surface area contributed by atoms with Gasteiger partial charge in [0.25, 0.3) is 5.91 Å². The van der Waals surface area contributed by atoms with Crippen LogP contribution in [0.3, 0.4) is 0 Å². The molecule has 0 saturated heterocycles. The lowest BCUT2D eigenvalue weighted by atomic mass is 10.1. The molecule has 0 fully saturated rings. The quantitative estimate of drug-likeness (QED) is 0.725. The zero-order chi connectivity index (χ0) is 15.5. The standard InChI is InChI=1S/C18H18N2O2/c1-12-10-14(6-7-16(12)19)18(21)20-9-8-15-11-13-4-2-3-5-17(13)22-15/h2-7,10-11H,8-9,19H2,1H3,(H,20,21). The van der Waals surface area contributed by atoms with Gasteiger partial charge in [0.1, 0.15) is 11.3 Å². The van der Waals surface area contributed by atoms with Crippen molar-refractivity contribution in [2.75, 3.05) is 12.3 Å². The van der Waals surface area contributed by atoms with E-state index in [1.807, 2.05) is 37.3 Å². The molecule has 3 aromatic rings. The summed E-state index contributed by atoms with van der Waals surface area (Å²) in [7, 11) is 0. The van der Waals surface area contributed by atoms with Crippen LogP contribution in [0.4, 0.5) is 5.69 Å². The summed E-state index contributed by atoms with van der Waals surface area (Å²) in [6.45, 7) is 2.42. The summed E-state index contributed by atoms with van der Waals surface area (Å²) in [4.78, 5) is 12.1. The second-order valence-electron chi connectivity index (χ2n) is 5.33. The number of benzene rings is 2. The topological polar surface area (TPSA) is 68.3 Å². The molecule has 0 spiro atoms. The summed E-state index contributed by atoms with van der Waals surface area (Å²) in [6.07, 6.45) is 0.661. The Morgan fingerprint density at radius 1 is 1.18 bits per heavy atom. The van der Waals surface area contributed by atoms with Crippen LogP contribution >= 0.6 is 0 Å². The number of amides is 1. The molecule has 1 heterocycles. The summed E-state index contributed by atoms with van der Waals surface area (Å²) in [5, 5.41) is 3.98. The number of anilines is 1. The molecule has 2 aromatic carbocycles. The molecular weight excluding hydrogens is 276 g/mol. The Labute approximate surface area is 128 Å². The highest BCUT2D eigenvalue weighted by molar-refractivity contribution is 5.94. The van der Waals surface area contributed by atoms with Gasteiger partial charge in [-0.15, -0.1) is 0 Å². The molecule has 0 saturated carbocycles. The molecule has 1 aromatic heterocycles. The van der Waals surface area contributed by atoms with Gasteiger partial charge in [-0.3, -0.25) is 4.79 Å². The first-order chi connectivity index (χ1) is 10.6. The van der Waals surface area contributed by atoms with Gasteiger partial charge in [-0.2, -0.15) is 0 Å². The van der Waals surface area contributed by atoms with Gasteiger partial charge in [-0.25, -0.2) is 0 Å². The average Bonchev–Trinajstić information content (AvgIpc) is 2.92. The maximum atomic E-state index is 12.1. The number of furan rings is 1. The van der Waals surface area contributed by atoms with Crippen LogP contribution in [-0.4, -0.2) is 12.5 Å². The SMILES string of the molecule is Cc1cc(C(=O)NCCc2cc3ccccc3o2)ccc1N. The fraction of sp³-hybridized carbons (Fsp3) is 0.167. The molecule has 4 heteroatoms. The molecule has 3 rings (SSSR count). The van der Waals surface area contributed by atoms with Crippen LogP contribution in [0.15, 0.2) is 52.9 Å². The van der Waals surface area contributed by atoms with E-state index in [1.165, 1.54) is 0 Å². The number of hydrogen-bond donors (Lipinski definition) is 2. The minimum atomic E-state index is -0.0980. The Kier molecular flexibility index (Phi) is 3.83. The molecule has 4 nitrogen and oxygen atoms in total. The van der Waals surface area contributed by atoms with Crippen LogP contribution in [0.1, 0.15) is 21.7 Å². The molecule has 0 unspecified atom stereocenters. The average molecular weight is 294 g/mol. The monoisotopic (exact) mass is 294 g/mol. The Morgan fingerprint density at radius 2 is 2.00 bits per heavy atom. The first-order valence-corrected chi connectivity index (χ1v) is 7.25. The number of para-hydroxylation sites is 1. The van der Waals surface area contributed by atoms with Crippen LogP contribution in [0.2, 0.25) is 0 Å². The Morgan fingerprint density at radius 3 is 2.77 bits per heavy atom. The van der Waals surface area contributed by atoms with Crippen molar-refractivity contribution in [1.82, 2.24) is 5.32 Å². The van der Waals surface area contributed by atoms with Gasteiger partial charge >= 0.3 is 0 Å². The summed E-state index contributed by atoms with van der Waals surface area (Å²) >= 11 is 0. The molecule has 0 bridgehead atoms. The number of nitrogen functional groups attached to an aromatic ring is 1. The van der Waals surface area contributed by atoms with Gasteiger partial charge in [0.15, 0.2) is 0 Å². The van der Waals surface area contributed by atoms with Crippen LogP contribution in [0.5, 0.6) is 0 Å². The summed E-state index contributed by atoms with van der Waals surface area (Å²) in [5.74, 6) is 0.772. The van der Waals surface area contributed by atoms with Gasteiger partial charge < -0.3 is 15.5 Å². The van der Waals surface area contributed by atoms with E-state index in [-0.39, 0.29) is 5.91 Å². The lowest BCUT2D eigenvalue weighted by Gasteiger charge is -2.06. The normalized spacial score (nSPS) is 10.8. The predicted octanol–water partition coefficient (Wildman–Crippen LogP) is 3.30. The van der Waals surface area contributed by atoms with Gasteiger partial charge in [-0.1, -0.05) is 18.2 Å². The fourth-order valence-electron chi connectivity index (χ4n) is 2.38. The highest BCUT2D eigenvalue weighted by Crippen LogP contribution is 2.19. The third-order valence-corrected chi connectivity index (χ3v) is 3.67. The highest BCUT2D eigenvalue weighted by Gasteiger charge is 2.08. The van der Waals surface area contributed by atoms with Crippen LogP contribution in [0.25, 0.3) is 11.0 Å². The zero-order valence-electron chi connectivity index (χ0n) is 12.4. The predicted molar refractivity (Wildman–Crippen MR) is 87.8 cm³/mol. The van der Waals surface area contributed by atoms with Crippen molar-refractivity contribution in [3.05, 3.63) is 65.4 Å². The Hall–Kier alpha value is -2.75. The lowest BCUT2D eigenvalue weighted by Crippen LogP contribution is -2.25. The number of carbonyl (C=O) groups is 1. The molecule has 0 atom stereocenters. The van der Waals surface area contributed by atoms with Gasteiger partial charge in [0.2, 0.25) is 0 Å². The van der Waals surface area contributed by atoms with E-state index in [9.17, 15) is 4.79 Å². The first kappa shape index (κ1) is 14.2. The smallest absolute Gasteiger partial charge is 0.251 e. The van der Waals surface area contributed by atoms with Crippen LogP contribution in [0, 0.1) is 6.92 Å². The number of nitrogens with two attached hydrogens (primary N) is 1. The highest BCUT2D eigenvalue weighted by atomic mass is 16.3. The van der Waals surface area contributed by atoms with Crippen molar-refractivity contribution >= 4 is 22.6 Å². The molecule has 22 heavy (non-hydrogen) atoms. The summed E-state index contributed by atoms with van der Waals surface area (Å²) in [5.41, 5.74) is 8.85. The number of rotatable bonds is 4. The first-order valence-electron chi connectivity index (χ1n) is 7.25. The molecule has 1 amide bonds. The zero-order valence-corrected chi connectivity index (χ0v) is 12.4. The minimum absolute atomic E-state index is 0.0980. The van der Waals surface area contributed by atoms with Gasteiger partial charge in [-0.05, 0) is 42.8 Å². The van der Waals surface area contributed by atoms with E-state index < -0.39 is 0 Å². The van der Waals surface area contributed by atoms with E-state index in [0.717, 1.165) is 22.3 Å². The number of hydrogen-bond acceptors (Lipinski definition) is 3. The van der Waals surface area contributed by atoms with E-state index in [0.29, 0.717) is 24.2 Å². The van der Waals surface area contributed by atoms with Crippen LogP contribution in [-0.2, 0) is 6.42 Å². The van der Waals surface area contributed by atoms with E-state index in [4.69, 9.17) is 10.2 Å². The second-order valence-corrected chi connectivity index (χ2v) is 5.33. The maximum absolute atomic E-state index is 12.1. The van der Waals surface area contributed by atoms with Crippen molar-refractivity contribution in [3.63, 3.8) is 0 Å². The van der Waals surface area contributed by atoms with Crippen molar-refractivity contribution in [1.29, 1.82) is 0 Å². The molecule has 0 radical (unpaired) electrons. The van der Waals surface area contributed by atoms with Crippen molar-refractivity contribution < 1.29 is 9.21 Å². The van der Waals surface area contributed by atoms with Gasteiger partial charge in [0.05, 0.1) is 0 Å². The third-order valence-electron chi connectivity index (χ3n) is 3.67. The minimum Gasteiger partial charge on any atom is -0.461 e. The van der Waals surface area contributed by atoms with E-state index in [1.54, 1.807) is 18.2 Å². The van der Waals surface area contributed by atoms with Crippen LogP contribution < -0.4 is 11.1 Å². The number of aryl methyl sites for hydroxylation is 1. The molecule has 3 N–H and O–H groups in total. The molecule has 0 aliphatic rings. The van der Waals surface area contributed by atoms with E-state index >= 15 is 0 Å². The van der Waals surface area contributed by atoms with Gasteiger partial charge in [0, 0.05) is 29.6 Å². The number of nitrogens with one attached hydrogen (secondary N) is 1. The fourth-order valence-corrected chi connectivity index (χ4v) is 2.38. The third kappa shape index (κ3) is 2.96. The largest absolute Gasteiger partial charge is 0.461 e. The Balaban J connectivity index is 1.60. The maximum Gasteiger partial charge on any atom is 0.251 e. The molecule has 0 aliphatic heterocycles. The van der Waals surface area contributed by atoms with Crippen molar-refractivity contribution in [3.8, 4) is 0 Å². The second kappa shape index (κ2) is 5.93. The van der Waals surface area contributed by atoms with Crippen molar-refractivity contribution in [2.45, 2.75) is 13.3 Å². The van der Waals surface area contributed by atoms with E-state index in [2.05, 4.69) is 5.32 Å². The molecular formula is C18H18N2O2. The van der Waals surface area contributed by atoms with Crippen molar-refractivity contribution in [2.24, 2.45) is 0 Å². The number of carbonyl (C=O) groups excluding carboxylic acids is 1. The summed E-state index contributed by atoms with van der Waals surface area (Å²) < 4.78 is 5.72. The number of fused-ring (bicyclic) bond motifs is 1. The molecule has 112 valence electrons. The molecule has 0 aliphatic carbocycles. The Bertz CT molecular complexity index is 788.